The summed E-state index contributed by atoms with van der Waals surface area (Å²) < 4.78 is 0.988. The molecular weight excluding hydrogens is 287 g/mol. The van der Waals surface area contributed by atoms with E-state index >= 15 is 0 Å². The molecule has 0 aliphatic carbocycles. The van der Waals surface area contributed by atoms with E-state index in [0.717, 1.165) is 9.99 Å². The van der Waals surface area contributed by atoms with Crippen LogP contribution in [-0.2, 0) is 4.43 Å². The Balaban J connectivity index is 2.93. The summed E-state index contributed by atoms with van der Waals surface area (Å²) in [7, 11) is 0. The second-order valence-corrected chi connectivity index (χ2v) is 5.17. The number of ketones is 1. The van der Waals surface area contributed by atoms with Gasteiger partial charge in [-0.1, -0.05) is 67.6 Å². The molecule has 76 valence electrons. The summed E-state index contributed by atoms with van der Waals surface area (Å²) in [5.41, 5.74) is 1.79. The zero-order chi connectivity index (χ0) is 10.8. The van der Waals surface area contributed by atoms with Crippen LogP contribution in [0.15, 0.2) is 24.3 Å². The largest absolute Gasteiger partial charge is 0.294 e. The second kappa shape index (κ2) is 4.43. The lowest BCUT2D eigenvalue weighted by atomic mass is 9.86. The van der Waals surface area contributed by atoms with E-state index in [-0.39, 0.29) is 11.2 Å². The third-order valence-corrected chi connectivity index (χ3v) is 2.93. The lowest BCUT2D eigenvalue weighted by molar-refractivity contribution is 0.0858. The van der Waals surface area contributed by atoms with Gasteiger partial charge in [0.2, 0.25) is 0 Å². The molecule has 1 aromatic carbocycles. The van der Waals surface area contributed by atoms with Crippen LogP contribution in [0.25, 0.3) is 0 Å². The highest BCUT2D eigenvalue weighted by Crippen LogP contribution is 2.21. The van der Waals surface area contributed by atoms with Gasteiger partial charge in [0.05, 0.1) is 0 Å². The molecule has 0 N–H and O–H groups in total. The molecule has 0 amide bonds. The van der Waals surface area contributed by atoms with Gasteiger partial charge in [-0.25, -0.2) is 0 Å². The first-order valence-corrected chi connectivity index (χ1v) is 6.17. The summed E-state index contributed by atoms with van der Waals surface area (Å²) in [5, 5.41) is 0. The van der Waals surface area contributed by atoms with E-state index in [9.17, 15) is 4.79 Å². The van der Waals surface area contributed by atoms with Crippen molar-refractivity contribution in [1.29, 1.82) is 0 Å². The molecule has 0 heterocycles. The number of benzene rings is 1. The average molecular weight is 302 g/mol. The number of hydrogen-bond acceptors (Lipinski definition) is 1. The fraction of sp³-hybridized carbons (Fsp3) is 0.417. The van der Waals surface area contributed by atoms with Crippen molar-refractivity contribution in [3.8, 4) is 0 Å². The zero-order valence-corrected chi connectivity index (χ0v) is 11.0. The molecule has 0 spiro atoms. The van der Waals surface area contributed by atoms with Crippen molar-refractivity contribution in [2.75, 3.05) is 0 Å². The van der Waals surface area contributed by atoms with E-state index in [1.807, 2.05) is 45.0 Å². The van der Waals surface area contributed by atoms with Gasteiger partial charge >= 0.3 is 0 Å². The van der Waals surface area contributed by atoms with Crippen molar-refractivity contribution in [2.24, 2.45) is 5.41 Å². The van der Waals surface area contributed by atoms with Gasteiger partial charge in [0, 0.05) is 15.4 Å². The standard InChI is InChI=1S/C12H15IO/c1-12(2,3)11(14)10-6-4-9(8-13)5-7-10/h4-7H,8H2,1-3H3. The SMILES string of the molecule is CC(C)(C)C(=O)c1ccc(CI)cc1. The quantitative estimate of drug-likeness (QED) is 0.461. The molecule has 1 aromatic rings. The first-order chi connectivity index (χ1) is 6.45. The van der Waals surface area contributed by atoms with E-state index < -0.39 is 0 Å². The second-order valence-electron chi connectivity index (χ2n) is 4.41. The smallest absolute Gasteiger partial charge is 0.168 e. The number of alkyl halides is 1. The van der Waals surface area contributed by atoms with Crippen LogP contribution < -0.4 is 0 Å². The Morgan fingerprint density at radius 3 is 2.07 bits per heavy atom. The molecule has 0 saturated heterocycles. The highest BCUT2D eigenvalue weighted by Gasteiger charge is 2.22. The summed E-state index contributed by atoms with van der Waals surface area (Å²) in [5.74, 6) is 0.206. The van der Waals surface area contributed by atoms with Gasteiger partial charge in [-0.2, -0.15) is 0 Å². The first-order valence-electron chi connectivity index (χ1n) is 4.65. The average Bonchev–Trinajstić information content (AvgIpc) is 2.15. The van der Waals surface area contributed by atoms with Crippen molar-refractivity contribution >= 4 is 28.4 Å². The zero-order valence-electron chi connectivity index (χ0n) is 8.80. The first kappa shape index (κ1) is 11.7. The van der Waals surface area contributed by atoms with Gasteiger partial charge < -0.3 is 0 Å². The van der Waals surface area contributed by atoms with Gasteiger partial charge in [0.15, 0.2) is 5.78 Å². The molecule has 1 rings (SSSR count). The Morgan fingerprint density at radius 1 is 1.21 bits per heavy atom. The van der Waals surface area contributed by atoms with Gasteiger partial charge in [-0.05, 0) is 5.56 Å². The maximum Gasteiger partial charge on any atom is 0.168 e. The predicted octanol–water partition coefficient (Wildman–Crippen LogP) is 3.85. The van der Waals surface area contributed by atoms with Crippen LogP contribution in [0.3, 0.4) is 0 Å². The number of carbonyl (C=O) groups is 1. The number of rotatable bonds is 2. The molecule has 0 atom stereocenters. The fourth-order valence-corrected chi connectivity index (χ4v) is 1.69. The minimum atomic E-state index is -0.286. The van der Waals surface area contributed by atoms with Crippen LogP contribution in [0.4, 0.5) is 0 Å². The topological polar surface area (TPSA) is 17.1 Å². The van der Waals surface area contributed by atoms with Gasteiger partial charge in [-0.15, -0.1) is 0 Å². The predicted molar refractivity (Wildman–Crippen MR) is 68.0 cm³/mol. The minimum Gasteiger partial charge on any atom is -0.294 e. The lowest BCUT2D eigenvalue weighted by Crippen LogP contribution is -2.19. The van der Waals surface area contributed by atoms with Gasteiger partial charge in [0.25, 0.3) is 0 Å². The van der Waals surface area contributed by atoms with E-state index in [1.54, 1.807) is 0 Å². The molecule has 0 aliphatic rings. The maximum atomic E-state index is 11.9. The summed E-state index contributed by atoms with van der Waals surface area (Å²) in [4.78, 5) is 11.9. The van der Waals surface area contributed by atoms with Crippen LogP contribution in [0.2, 0.25) is 0 Å². The minimum absolute atomic E-state index is 0.206. The van der Waals surface area contributed by atoms with Crippen LogP contribution >= 0.6 is 22.6 Å². The van der Waals surface area contributed by atoms with Crippen LogP contribution in [0.5, 0.6) is 0 Å². The molecule has 0 aliphatic heterocycles. The maximum absolute atomic E-state index is 11.9. The number of hydrogen-bond donors (Lipinski definition) is 0. The van der Waals surface area contributed by atoms with Crippen LogP contribution in [-0.4, -0.2) is 5.78 Å². The van der Waals surface area contributed by atoms with E-state index in [0.29, 0.717) is 0 Å². The van der Waals surface area contributed by atoms with Crippen LogP contribution in [0, 0.1) is 5.41 Å². The molecule has 0 bridgehead atoms. The lowest BCUT2D eigenvalue weighted by Gasteiger charge is -2.16. The molecule has 0 fully saturated rings. The Kier molecular flexibility index (Phi) is 3.70. The number of carbonyl (C=O) groups excluding carboxylic acids is 1. The van der Waals surface area contributed by atoms with Crippen molar-refractivity contribution in [3.05, 3.63) is 35.4 Å². The fourth-order valence-electron chi connectivity index (χ4n) is 1.18. The molecule has 0 unspecified atom stereocenters. The summed E-state index contributed by atoms with van der Waals surface area (Å²) in [6.45, 7) is 5.84. The highest BCUT2D eigenvalue weighted by molar-refractivity contribution is 14.1. The van der Waals surface area contributed by atoms with E-state index in [4.69, 9.17) is 0 Å². The van der Waals surface area contributed by atoms with Crippen molar-refractivity contribution in [1.82, 2.24) is 0 Å². The Morgan fingerprint density at radius 2 is 1.71 bits per heavy atom. The van der Waals surface area contributed by atoms with Gasteiger partial charge in [-0.3, -0.25) is 4.79 Å². The molecule has 14 heavy (non-hydrogen) atoms. The Hall–Kier alpha value is -0.380. The summed E-state index contributed by atoms with van der Waals surface area (Å²) in [6, 6.07) is 7.87. The molecular formula is C12H15IO. The third kappa shape index (κ3) is 2.80. The Labute approximate surface area is 99.0 Å². The molecule has 0 radical (unpaired) electrons. The molecule has 1 nitrogen and oxygen atoms in total. The normalized spacial score (nSPS) is 11.4. The van der Waals surface area contributed by atoms with Crippen molar-refractivity contribution in [3.63, 3.8) is 0 Å². The number of Topliss-reactive ketones (excluding diaryl/α,β-unsaturated/α-hetero) is 1. The van der Waals surface area contributed by atoms with Gasteiger partial charge in [0.1, 0.15) is 0 Å². The summed E-state index contributed by atoms with van der Waals surface area (Å²) in [6.07, 6.45) is 0. The summed E-state index contributed by atoms with van der Waals surface area (Å²) >= 11 is 2.31. The van der Waals surface area contributed by atoms with Crippen molar-refractivity contribution in [2.45, 2.75) is 25.2 Å². The van der Waals surface area contributed by atoms with Crippen molar-refractivity contribution < 1.29 is 4.79 Å². The number of halogens is 1. The molecule has 0 saturated carbocycles. The molecule has 0 aromatic heterocycles. The van der Waals surface area contributed by atoms with Crippen LogP contribution in [0.1, 0.15) is 36.7 Å². The third-order valence-electron chi connectivity index (χ3n) is 2.05. The van der Waals surface area contributed by atoms with E-state index in [2.05, 4.69) is 22.6 Å². The highest BCUT2D eigenvalue weighted by atomic mass is 127. The monoisotopic (exact) mass is 302 g/mol. The molecule has 2 heteroatoms. The van der Waals surface area contributed by atoms with E-state index in [1.165, 1.54) is 5.56 Å². The Bertz CT molecular complexity index is 319.